The zero-order valence-electron chi connectivity index (χ0n) is 9.92. The van der Waals surface area contributed by atoms with Crippen molar-refractivity contribution in [3.05, 3.63) is 32.4 Å². The van der Waals surface area contributed by atoms with Gasteiger partial charge in [-0.3, -0.25) is 4.79 Å². The molecule has 0 aliphatic rings. The first-order chi connectivity index (χ1) is 8.13. The molecule has 0 amide bonds. The minimum atomic E-state index is -0.282. The van der Waals surface area contributed by atoms with Gasteiger partial charge in [0.25, 0.3) is 0 Å². The molecule has 0 N–H and O–H groups in total. The SMILES string of the molecule is CCOC(=O)Cc1c(C#N)ccc(CC)c1I. The van der Waals surface area contributed by atoms with E-state index < -0.39 is 0 Å². The Morgan fingerprint density at radius 1 is 1.47 bits per heavy atom. The van der Waals surface area contributed by atoms with Gasteiger partial charge in [-0.1, -0.05) is 13.0 Å². The Hall–Kier alpha value is -1.09. The molecule has 0 aliphatic heterocycles. The number of ether oxygens (including phenoxy) is 1. The molecule has 0 unspecified atom stereocenters. The van der Waals surface area contributed by atoms with Gasteiger partial charge in [0, 0.05) is 3.57 Å². The van der Waals surface area contributed by atoms with Gasteiger partial charge in [-0.25, -0.2) is 0 Å². The summed E-state index contributed by atoms with van der Waals surface area (Å²) in [4.78, 5) is 11.5. The van der Waals surface area contributed by atoms with Crippen LogP contribution in [0.2, 0.25) is 0 Å². The lowest BCUT2D eigenvalue weighted by Gasteiger charge is -2.10. The number of aryl methyl sites for hydroxylation is 1. The molecule has 0 aromatic heterocycles. The van der Waals surface area contributed by atoms with E-state index in [1.807, 2.05) is 6.07 Å². The van der Waals surface area contributed by atoms with Crippen LogP contribution in [-0.4, -0.2) is 12.6 Å². The maximum absolute atomic E-state index is 11.5. The number of rotatable bonds is 4. The second-order valence-corrected chi connectivity index (χ2v) is 4.59. The van der Waals surface area contributed by atoms with Gasteiger partial charge in [-0.2, -0.15) is 5.26 Å². The van der Waals surface area contributed by atoms with Gasteiger partial charge in [0.05, 0.1) is 24.7 Å². The quantitative estimate of drug-likeness (QED) is 0.624. The van der Waals surface area contributed by atoms with Crippen LogP contribution in [0.5, 0.6) is 0 Å². The Morgan fingerprint density at radius 2 is 2.18 bits per heavy atom. The fraction of sp³-hybridized carbons (Fsp3) is 0.385. The number of nitriles is 1. The Labute approximate surface area is 115 Å². The summed E-state index contributed by atoms with van der Waals surface area (Å²) in [5.74, 6) is -0.282. The topological polar surface area (TPSA) is 50.1 Å². The first kappa shape index (κ1) is 14.0. The molecular formula is C13H14INO2. The van der Waals surface area contributed by atoms with Crippen LogP contribution in [0.4, 0.5) is 0 Å². The largest absolute Gasteiger partial charge is 0.466 e. The number of carbonyl (C=O) groups excluding carboxylic acids is 1. The van der Waals surface area contributed by atoms with Crippen molar-refractivity contribution in [3.8, 4) is 6.07 Å². The number of esters is 1. The number of carbonyl (C=O) groups is 1. The predicted molar refractivity (Wildman–Crippen MR) is 73.6 cm³/mol. The monoisotopic (exact) mass is 343 g/mol. The molecule has 0 radical (unpaired) electrons. The van der Waals surface area contributed by atoms with E-state index in [2.05, 4.69) is 35.6 Å². The number of hydrogen-bond donors (Lipinski definition) is 0. The van der Waals surface area contributed by atoms with Gasteiger partial charge >= 0.3 is 5.97 Å². The molecule has 90 valence electrons. The molecular weight excluding hydrogens is 329 g/mol. The van der Waals surface area contributed by atoms with Gasteiger partial charge in [-0.15, -0.1) is 0 Å². The summed E-state index contributed by atoms with van der Waals surface area (Å²) in [5.41, 5.74) is 2.49. The van der Waals surface area contributed by atoms with E-state index in [-0.39, 0.29) is 12.4 Å². The Balaban J connectivity index is 3.11. The summed E-state index contributed by atoms with van der Waals surface area (Å²) in [7, 11) is 0. The third kappa shape index (κ3) is 3.43. The van der Waals surface area contributed by atoms with Gasteiger partial charge < -0.3 is 4.74 Å². The second kappa shape index (κ2) is 6.60. The molecule has 1 aromatic carbocycles. The van der Waals surface area contributed by atoms with Crippen LogP contribution in [0.15, 0.2) is 12.1 Å². The summed E-state index contributed by atoms with van der Waals surface area (Å²) in [5, 5.41) is 9.04. The summed E-state index contributed by atoms with van der Waals surface area (Å²) in [6.07, 6.45) is 1.06. The molecule has 3 nitrogen and oxygen atoms in total. The Kier molecular flexibility index (Phi) is 5.42. The molecule has 1 rings (SSSR count). The molecule has 0 fully saturated rings. The lowest BCUT2D eigenvalue weighted by atomic mass is 10.0. The first-order valence-corrected chi connectivity index (χ1v) is 6.57. The van der Waals surface area contributed by atoms with Gasteiger partial charge in [-0.05, 0) is 53.1 Å². The van der Waals surface area contributed by atoms with Crippen LogP contribution < -0.4 is 0 Å². The minimum absolute atomic E-state index is 0.169. The normalized spacial score (nSPS) is 9.76. The molecule has 0 saturated heterocycles. The van der Waals surface area contributed by atoms with Crippen molar-refractivity contribution in [1.82, 2.24) is 0 Å². The average molecular weight is 343 g/mol. The van der Waals surface area contributed by atoms with Crippen LogP contribution in [0.3, 0.4) is 0 Å². The predicted octanol–water partition coefficient (Wildman–Crippen LogP) is 2.83. The van der Waals surface area contributed by atoms with E-state index in [0.29, 0.717) is 12.2 Å². The van der Waals surface area contributed by atoms with Crippen molar-refractivity contribution in [2.75, 3.05) is 6.61 Å². The van der Waals surface area contributed by atoms with Crippen molar-refractivity contribution in [1.29, 1.82) is 5.26 Å². The number of hydrogen-bond acceptors (Lipinski definition) is 3. The lowest BCUT2D eigenvalue weighted by Crippen LogP contribution is -2.11. The minimum Gasteiger partial charge on any atom is -0.466 e. The molecule has 0 atom stereocenters. The summed E-state index contributed by atoms with van der Waals surface area (Å²) >= 11 is 2.19. The highest BCUT2D eigenvalue weighted by molar-refractivity contribution is 14.1. The molecule has 0 heterocycles. The number of halogens is 1. The molecule has 1 aromatic rings. The van der Waals surface area contributed by atoms with Gasteiger partial charge in [0.15, 0.2) is 0 Å². The lowest BCUT2D eigenvalue weighted by molar-refractivity contribution is -0.142. The second-order valence-electron chi connectivity index (χ2n) is 3.51. The fourth-order valence-electron chi connectivity index (χ4n) is 1.58. The fourth-order valence-corrected chi connectivity index (χ4v) is 2.62. The van der Waals surface area contributed by atoms with Crippen molar-refractivity contribution >= 4 is 28.6 Å². The van der Waals surface area contributed by atoms with E-state index in [4.69, 9.17) is 10.00 Å². The first-order valence-electron chi connectivity index (χ1n) is 5.50. The van der Waals surface area contributed by atoms with Crippen LogP contribution in [0, 0.1) is 14.9 Å². The van der Waals surface area contributed by atoms with Gasteiger partial charge in [0.2, 0.25) is 0 Å². The molecule has 0 aliphatic carbocycles. The molecule has 17 heavy (non-hydrogen) atoms. The van der Waals surface area contributed by atoms with Crippen LogP contribution in [-0.2, 0) is 22.4 Å². The van der Waals surface area contributed by atoms with Gasteiger partial charge in [0.1, 0.15) is 0 Å². The zero-order chi connectivity index (χ0) is 12.8. The van der Waals surface area contributed by atoms with Crippen molar-refractivity contribution in [3.63, 3.8) is 0 Å². The van der Waals surface area contributed by atoms with E-state index in [1.54, 1.807) is 13.0 Å². The Bertz CT molecular complexity index is 463. The highest BCUT2D eigenvalue weighted by Crippen LogP contribution is 2.22. The van der Waals surface area contributed by atoms with E-state index in [9.17, 15) is 4.79 Å². The van der Waals surface area contributed by atoms with Crippen LogP contribution in [0.1, 0.15) is 30.5 Å². The molecule has 0 spiro atoms. The van der Waals surface area contributed by atoms with Crippen LogP contribution in [0.25, 0.3) is 0 Å². The maximum Gasteiger partial charge on any atom is 0.310 e. The molecule has 4 heteroatoms. The third-order valence-corrected chi connectivity index (χ3v) is 3.79. The van der Waals surface area contributed by atoms with Crippen molar-refractivity contribution in [2.45, 2.75) is 26.7 Å². The van der Waals surface area contributed by atoms with Crippen molar-refractivity contribution in [2.24, 2.45) is 0 Å². The third-order valence-electron chi connectivity index (χ3n) is 2.45. The van der Waals surface area contributed by atoms with E-state index >= 15 is 0 Å². The van der Waals surface area contributed by atoms with Crippen LogP contribution >= 0.6 is 22.6 Å². The number of nitrogens with zero attached hydrogens (tertiary/aromatic N) is 1. The smallest absolute Gasteiger partial charge is 0.310 e. The number of benzene rings is 1. The highest BCUT2D eigenvalue weighted by Gasteiger charge is 2.14. The van der Waals surface area contributed by atoms with E-state index in [1.165, 1.54) is 0 Å². The zero-order valence-corrected chi connectivity index (χ0v) is 12.1. The van der Waals surface area contributed by atoms with E-state index in [0.717, 1.165) is 21.1 Å². The summed E-state index contributed by atoms with van der Waals surface area (Å²) in [6.45, 7) is 4.19. The molecule has 0 bridgehead atoms. The maximum atomic E-state index is 11.5. The highest BCUT2D eigenvalue weighted by atomic mass is 127. The average Bonchev–Trinajstić information content (AvgIpc) is 2.32. The Morgan fingerprint density at radius 3 is 2.71 bits per heavy atom. The standard InChI is InChI=1S/C13H14INO2/c1-3-9-5-6-10(8-15)11(13(9)14)7-12(16)17-4-2/h5-6H,3-4,7H2,1-2H3. The molecule has 0 saturated carbocycles. The summed E-state index contributed by atoms with van der Waals surface area (Å²) < 4.78 is 5.92. The van der Waals surface area contributed by atoms with Crippen molar-refractivity contribution < 1.29 is 9.53 Å². The summed E-state index contributed by atoms with van der Waals surface area (Å²) in [6, 6.07) is 5.84.